The molecule has 0 heterocycles. The van der Waals surface area contributed by atoms with E-state index in [4.69, 9.17) is 5.11 Å². The van der Waals surface area contributed by atoms with Crippen LogP contribution in [0.4, 0.5) is 5.69 Å². The Balaban J connectivity index is 0.000000249. The van der Waals surface area contributed by atoms with Crippen molar-refractivity contribution >= 4 is 17.6 Å². The molecule has 0 radical (unpaired) electrons. The Hall–Kier alpha value is -1.84. The third-order valence-corrected chi connectivity index (χ3v) is 2.29. The highest BCUT2D eigenvalue weighted by Crippen LogP contribution is 2.29. The van der Waals surface area contributed by atoms with Gasteiger partial charge in [-0.1, -0.05) is 25.1 Å². The van der Waals surface area contributed by atoms with Gasteiger partial charge < -0.3 is 10.4 Å². The molecule has 0 spiro atoms. The van der Waals surface area contributed by atoms with E-state index in [1.165, 1.54) is 0 Å². The van der Waals surface area contributed by atoms with Crippen LogP contribution in [0.3, 0.4) is 0 Å². The molecule has 0 aromatic heterocycles. The summed E-state index contributed by atoms with van der Waals surface area (Å²) in [7, 11) is 0. The Bertz CT molecular complexity index is 372. The van der Waals surface area contributed by atoms with E-state index >= 15 is 0 Å². The number of hydrogen-bond donors (Lipinski definition) is 2. The second-order valence-electron chi connectivity index (χ2n) is 3.88. The zero-order valence-electron chi connectivity index (χ0n) is 9.85. The molecular formula is C13H17NO3. The fourth-order valence-corrected chi connectivity index (χ4v) is 1.11. The second kappa shape index (κ2) is 6.68. The maximum Gasteiger partial charge on any atom is 0.303 e. The largest absolute Gasteiger partial charge is 0.481 e. The number of anilines is 1. The van der Waals surface area contributed by atoms with Crippen LogP contribution in [0.25, 0.3) is 0 Å². The van der Waals surface area contributed by atoms with Gasteiger partial charge in [-0.25, -0.2) is 0 Å². The van der Waals surface area contributed by atoms with Gasteiger partial charge in [-0.05, 0) is 25.0 Å². The van der Waals surface area contributed by atoms with E-state index in [2.05, 4.69) is 5.32 Å². The summed E-state index contributed by atoms with van der Waals surface area (Å²) in [5, 5.41) is 10.6. The normalized spacial score (nSPS) is 13.2. The molecule has 1 fully saturated rings. The third kappa shape index (κ3) is 5.70. The van der Waals surface area contributed by atoms with Crippen molar-refractivity contribution in [2.75, 3.05) is 5.32 Å². The first-order chi connectivity index (χ1) is 8.13. The molecule has 0 unspecified atom stereocenters. The van der Waals surface area contributed by atoms with E-state index in [0.717, 1.165) is 18.5 Å². The van der Waals surface area contributed by atoms with Crippen molar-refractivity contribution in [3.8, 4) is 0 Å². The van der Waals surface area contributed by atoms with Gasteiger partial charge in [0.15, 0.2) is 0 Å². The molecule has 0 atom stereocenters. The highest BCUT2D eigenvalue weighted by Gasteiger charge is 2.29. The lowest BCUT2D eigenvalue weighted by molar-refractivity contribution is -0.136. The molecule has 4 nitrogen and oxygen atoms in total. The minimum atomic E-state index is -0.745. The topological polar surface area (TPSA) is 66.4 Å². The molecule has 92 valence electrons. The highest BCUT2D eigenvalue weighted by molar-refractivity contribution is 5.93. The number of amides is 1. The van der Waals surface area contributed by atoms with E-state index in [-0.39, 0.29) is 18.2 Å². The maximum atomic E-state index is 11.3. The molecule has 0 saturated heterocycles. The number of rotatable bonds is 3. The van der Waals surface area contributed by atoms with Crippen LogP contribution in [0, 0.1) is 5.92 Å². The molecule has 1 aliphatic carbocycles. The summed E-state index contributed by atoms with van der Waals surface area (Å²) in [6.07, 6.45) is 2.33. The fraction of sp³-hybridized carbons (Fsp3) is 0.385. The minimum absolute atomic E-state index is 0.168. The Morgan fingerprint density at radius 3 is 2.24 bits per heavy atom. The number of carboxylic acids is 1. The molecule has 1 aliphatic rings. The van der Waals surface area contributed by atoms with Crippen LogP contribution in [0.15, 0.2) is 30.3 Å². The Kier molecular flexibility index (Phi) is 5.20. The molecule has 0 bridgehead atoms. The summed E-state index contributed by atoms with van der Waals surface area (Å²) >= 11 is 0. The molecular weight excluding hydrogens is 218 g/mol. The van der Waals surface area contributed by atoms with Gasteiger partial charge in [0.1, 0.15) is 0 Å². The molecule has 4 heteroatoms. The predicted molar refractivity (Wildman–Crippen MR) is 65.7 cm³/mol. The van der Waals surface area contributed by atoms with Gasteiger partial charge in [0.05, 0.1) is 0 Å². The predicted octanol–water partition coefficient (Wildman–Crippen LogP) is 2.52. The average Bonchev–Trinajstić information content (AvgIpc) is 3.15. The number of para-hydroxylation sites is 1. The number of nitrogens with one attached hydrogen (secondary N) is 1. The number of carbonyl (C=O) groups is 2. The zero-order chi connectivity index (χ0) is 12.7. The van der Waals surface area contributed by atoms with Crippen molar-refractivity contribution in [2.24, 2.45) is 5.92 Å². The summed E-state index contributed by atoms with van der Waals surface area (Å²) in [6.45, 7) is 1.60. The second-order valence-corrected chi connectivity index (χ2v) is 3.88. The van der Waals surface area contributed by atoms with Crippen molar-refractivity contribution < 1.29 is 14.7 Å². The van der Waals surface area contributed by atoms with Crippen molar-refractivity contribution in [2.45, 2.75) is 26.2 Å². The fourth-order valence-electron chi connectivity index (χ4n) is 1.11. The molecule has 0 aliphatic heterocycles. The lowest BCUT2D eigenvalue weighted by Gasteiger charge is -2.01. The third-order valence-electron chi connectivity index (χ3n) is 2.29. The van der Waals surface area contributed by atoms with Crippen LogP contribution >= 0.6 is 0 Å². The van der Waals surface area contributed by atoms with Gasteiger partial charge in [-0.3, -0.25) is 9.59 Å². The molecule has 17 heavy (non-hydrogen) atoms. The van der Waals surface area contributed by atoms with Gasteiger partial charge in [-0.2, -0.15) is 0 Å². The van der Waals surface area contributed by atoms with Crippen molar-refractivity contribution in [3.63, 3.8) is 0 Å². The SMILES string of the molecule is CCC(=O)O.O=C(Nc1ccccc1)C1CC1. The monoisotopic (exact) mass is 235 g/mol. The first kappa shape index (κ1) is 13.2. The molecule has 1 aromatic carbocycles. The maximum absolute atomic E-state index is 11.3. The van der Waals surface area contributed by atoms with Crippen molar-refractivity contribution in [1.29, 1.82) is 0 Å². The van der Waals surface area contributed by atoms with Gasteiger partial charge >= 0.3 is 5.97 Å². The Morgan fingerprint density at radius 1 is 1.29 bits per heavy atom. The summed E-state index contributed by atoms with van der Waals surface area (Å²) in [5.74, 6) is -0.295. The zero-order valence-corrected chi connectivity index (χ0v) is 9.85. The molecule has 1 amide bonds. The van der Waals surface area contributed by atoms with Crippen LogP contribution in [-0.4, -0.2) is 17.0 Å². The van der Waals surface area contributed by atoms with E-state index in [9.17, 15) is 9.59 Å². The Morgan fingerprint density at radius 2 is 1.82 bits per heavy atom. The molecule has 2 rings (SSSR count). The molecule has 1 aromatic rings. The van der Waals surface area contributed by atoms with Gasteiger partial charge in [0, 0.05) is 18.0 Å². The van der Waals surface area contributed by atoms with Gasteiger partial charge in [0.25, 0.3) is 0 Å². The van der Waals surface area contributed by atoms with Crippen molar-refractivity contribution in [1.82, 2.24) is 0 Å². The van der Waals surface area contributed by atoms with Crippen LogP contribution in [0.2, 0.25) is 0 Å². The number of aliphatic carboxylic acids is 1. The minimum Gasteiger partial charge on any atom is -0.481 e. The lowest BCUT2D eigenvalue weighted by Crippen LogP contribution is -2.12. The quantitative estimate of drug-likeness (QED) is 0.846. The standard InChI is InChI=1S/C10H11NO.C3H6O2/c12-10(8-6-7-8)11-9-4-2-1-3-5-9;1-2-3(4)5/h1-5,8H,6-7H2,(H,11,12);2H2,1H3,(H,4,5). The van der Waals surface area contributed by atoms with Crippen LogP contribution < -0.4 is 5.32 Å². The van der Waals surface area contributed by atoms with E-state index in [1.807, 2.05) is 30.3 Å². The molecule has 2 N–H and O–H groups in total. The Labute approximate surface area is 101 Å². The number of carbonyl (C=O) groups excluding carboxylic acids is 1. The lowest BCUT2D eigenvalue weighted by atomic mass is 10.3. The van der Waals surface area contributed by atoms with E-state index in [1.54, 1.807) is 6.92 Å². The van der Waals surface area contributed by atoms with Gasteiger partial charge in [-0.15, -0.1) is 0 Å². The van der Waals surface area contributed by atoms with Gasteiger partial charge in [0.2, 0.25) is 5.91 Å². The highest BCUT2D eigenvalue weighted by atomic mass is 16.4. The van der Waals surface area contributed by atoms with Crippen LogP contribution in [0.5, 0.6) is 0 Å². The average molecular weight is 235 g/mol. The van der Waals surface area contributed by atoms with Crippen molar-refractivity contribution in [3.05, 3.63) is 30.3 Å². The van der Waals surface area contributed by atoms with E-state index in [0.29, 0.717) is 0 Å². The number of hydrogen-bond acceptors (Lipinski definition) is 2. The molecule has 1 saturated carbocycles. The van der Waals surface area contributed by atoms with Crippen LogP contribution in [-0.2, 0) is 9.59 Å². The summed E-state index contributed by atoms with van der Waals surface area (Å²) in [6, 6.07) is 9.58. The first-order valence-electron chi connectivity index (χ1n) is 5.71. The summed E-state index contributed by atoms with van der Waals surface area (Å²) in [4.78, 5) is 20.6. The summed E-state index contributed by atoms with van der Waals surface area (Å²) in [5.41, 5.74) is 0.898. The number of benzene rings is 1. The van der Waals surface area contributed by atoms with E-state index < -0.39 is 5.97 Å². The smallest absolute Gasteiger partial charge is 0.303 e. The first-order valence-corrected chi connectivity index (χ1v) is 5.71. The number of carboxylic acid groups (broad SMARTS) is 1. The summed E-state index contributed by atoms with van der Waals surface area (Å²) < 4.78 is 0. The van der Waals surface area contributed by atoms with Crippen LogP contribution in [0.1, 0.15) is 26.2 Å².